The van der Waals surface area contributed by atoms with Gasteiger partial charge in [-0.25, -0.2) is 0 Å². The van der Waals surface area contributed by atoms with Crippen molar-refractivity contribution in [2.24, 2.45) is 11.7 Å². The molecule has 4 heteroatoms. The van der Waals surface area contributed by atoms with Crippen molar-refractivity contribution in [1.29, 1.82) is 0 Å². The Morgan fingerprint density at radius 2 is 2.22 bits per heavy atom. The molecule has 1 amide bonds. The molecular weight excluding hydrogens is 228 g/mol. The lowest BCUT2D eigenvalue weighted by atomic mass is 10.1. The van der Waals surface area contributed by atoms with Gasteiger partial charge in [0.2, 0.25) is 5.91 Å². The van der Waals surface area contributed by atoms with E-state index in [0.717, 1.165) is 16.9 Å². The standard InChI is InChI=1S/C14H22N2O2/c1-10-4-5-13(18-3)12(8-10)9-16-14(17)11(2)6-7-15/h4-5,8,11H,6-7,9,15H2,1-3H3,(H,16,17). The zero-order valence-electron chi connectivity index (χ0n) is 11.3. The second-order valence-corrected chi connectivity index (χ2v) is 4.51. The van der Waals surface area contributed by atoms with Crippen LogP contribution in [0.3, 0.4) is 0 Å². The largest absolute Gasteiger partial charge is 0.496 e. The van der Waals surface area contributed by atoms with Crippen LogP contribution in [0, 0.1) is 12.8 Å². The number of aryl methyl sites for hydroxylation is 1. The Bertz CT molecular complexity index is 405. The van der Waals surface area contributed by atoms with E-state index in [9.17, 15) is 4.79 Å². The van der Waals surface area contributed by atoms with Crippen molar-refractivity contribution in [3.05, 3.63) is 29.3 Å². The summed E-state index contributed by atoms with van der Waals surface area (Å²) in [7, 11) is 1.63. The molecule has 18 heavy (non-hydrogen) atoms. The first-order chi connectivity index (χ1) is 8.58. The highest BCUT2D eigenvalue weighted by Crippen LogP contribution is 2.19. The Morgan fingerprint density at radius 3 is 2.83 bits per heavy atom. The van der Waals surface area contributed by atoms with Gasteiger partial charge in [-0.1, -0.05) is 24.6 Å². The van der Waals surface area contributed by atoms with Gasteiger partial charge in [-0.3, -0.25) is 4.79 Å². The number of carbonyl (C=O) groups excluding carboxylic acids is 1. The lowest BCUT2D eigenvalue weighted by molar-refractivity contribution is -0.124. The van der Waals surface area contributed by atoms with E-state index in [2.05, 4.69) is 5.32 Å². The molecule has 0 radical (unpaired) electrons. The first-order valence-corrected chi connectivity index (χ1v) is 6.19. The number of nitrogens with two attached hydrogens (primary N) is 1. The highest BCUT2D eigenvalue weighted by Gasteiger charge is 2.12. The van der Waals surface area contributed by atoms with Gasteiger partial charge >= 0.3 is 0 Å². The van der Waals surface area contributed by atoms with E-state index >= 15 is 0 Å². The number of amides is 1. The molecule has 0 aliphatic rings. The molecule has 0 saturated heterocycles. The minimum absolute atomic E-state index is 0.0315. The van der Waals surface area contributed by atoms with Crippen LogP contribution >= 0.6 is 0 Å². The summed E-state index contributed by atoms with van der Waals surface area (Å²) in [5, 5.41) is 2.91. The third kappa shape index (κ3) is 4.04. The molecule has 1 atom stereocenters. The normalized spacial score (nSPS) is 12.0. The summed E-state index contributed by atoms with van der Waals surface area (Å²) in [4.78, 5) is 11.8. The Morgan fingerprint density at radius 1 is 1.50 bits per heavy atom. The Hall–Kier alpha value is -1.55. The van der Waals surface area contributed by atoms with E-state index in [-0.39, 0.29) is 11.8 Å². The number of nitrogens with one attached hydrogen (secondary N) is 1. The molecule has 0 aliphatic carbocycles. The zero-order chi connectivity index (χ0) is 13.5. The molecule has 1 aromatic carbocycles. The molecule has 3 N–H and O–H groups in total. The quantitative estimate of drug-likeness (QED) is 0.806. The molecule has 100 valence electrons. The van der Waals surface area contributed by atoms with E-state index in [1.807, 2.05) is 32.0 Å². The summed E-state index contributed by atoms with van der Waals surface area (Å²) >= 11 is 0. The van der Waals surface area contributed by atoms with E-state index < -0.39 is 0 Å². The van der Waals surface area contributed by atoms with Gasteiger partial charge in [0.15, 0.2) is 0 Å². The number of hydrogen-bond donors (Lipinski definition) is 2. The third-order valence-corrected chi connectivity index (χ3v) is 2.94. The minimum atomic E-state index is -0.0502. The van der Waals surface area contributed by atoms with Crippen LogP contribution in [0.2, 0.25) is 0 Å². The van der Waals surface area contributed by atoms with E-state index in [1.54, 1.807) is 7.11 Å². The number of carbonyl (C=O) groups is 1. The van der Waals surface area contributed by atoms with Gasteiger partial charge < -0.3 is 15.8 Å². The highest BCUT2D eigenvalue weighted by molar-refractivity contribution is 5.78. The number of methoxy groups -OCH3 is 1. The molecule has 4 nitrogen and oxygen atoms in total. The Labute approximate surface area is 109 Å². The maximum absolute atomic E-state index is 11.8. The van der Waals surface area contributed by atoms with Crippen LogP contribution in [0.15, 0.2) is 18.2 Å². The van der Waals surface area contributed by atoms with Crippen LogP contribution in [0.25, 0.3) is 0 Å². The van der Waals surface area contributed by atoms with Crippen LogP contribution in [0.1, 0.15) is 24.5 Å². The maximum Gasteiger partial charge on any atom is 0.223 e. The molecule has 0 fully saturated rings. The van der Waals surface area contributed by atoms with Gasteiger partial charge in [-0.15, -0.1) is 0 Å². The molecule has 0 bridgehead atoms. The van der Waals surface area contributed by atoms with Crippen molar-refractivity contribution >= 4 is 5.91 Å². The number of benzene rings is 1. The van der Waals surface area contributed by atoms with Gasteiger partial charge in [-0.2, -0.15) is 0 Å². The van der Waals surface area contributed by atoms with E-state index in [0.29, 0.717) is 19.5 Å². The molecule has 0 spiro atoms. The second-order valence-electron chi connectivity index (χ2n) is 4.51. The smallest absolute Gasteiger partial charge is 0.223 e. The molecule has 0 aliphatic heterocycles. The molecule has 0 heterocycles. The van der Waals surface area contributed by atoms with Gasteiger partial charge in [0, 0.05) is 18.0 Å². The van der Waals surface area contributed by atoms with E-state index in [1.165, 1.54) is 0 Å². The van der Waals surface area contributed by atoms with Crippen LogP contribution in [-0.4, -0.2) is 19.6 Å². The summed E-state index contributed by atoms with van der Waals surface area (Å²) < 4.78 is 5.27. The SMILES string of the molecule is COc1ccc(C)cc1CNC(=O)C(C)CCN. The van der Waals surface area contributed by atoms with Crippen LogP contribution in [0.5, 0.6) is 5.75 Å². The average Bonchev–Trinajstić information content (AvgIpc) is 2.36. The van der Waals surface area contributed by atoms with Gasteiger partial charge in [0.1, 0.15) is 5.75 Å². The Balaban J connectivity index is 2.62. The first kappa shape index (κ1) is 14.5. The van der Waals surface area contributed by atoms with Gasteiger partial charge in [0.05, 0.1) is 7.11 Å². The van der Waals surface area contributed by atoms with Crippen molar-refractivity contribution in [2.45, 2.75) is 26.8 Å². The predicted molar refractivity (Wildman–Crippen MR) is 72.4 cm³/mol. The Kier molecular flexibility index (Phi) is 5.65. The van der Waals surface area contributed by atoms with Crippen molar-refractivity contribution < 1.29 is 9.53 Å². The summed E-state index contributed by atoms with van der Waals surface area (Å²) in [6, 6.07) is 5.92. The van der Waals surface area contributed by atoms with Crippen molar-refractivity contribution in [3.63, 3.8) is 0 Å². The third-order valence-electron chi connectivity index (χ3n) is 2.94. The summed E-state index contributed by atoms with van der Waals surface area (Å²) in [5.74, 6) is 0.780. The summed E-state index contributed by atoms with van der Waals surface area (Å²) in [6.45, 7) is 4.92. The molecule has 1 unspecified atom stereocenters. The highest BCUT2D eigenvalue weighted by atomic mass is 16.5. The van der Waals surface area contributed by atoms with Crippen LogP contribution in [-0.2, 0) is 11.3 Å². The monoisotopic (exact) mass is 250 g/mol. The number of ether oxygens (including phenoxy) is 1. The second kappa shape index (κ2) is 7.01. The minimum Gasteiger partial charge on any atom is -0.496 e. The average molecular weight is 250 g/mol. The van der Waals surface area contributed by atoms with E-state index in [4.69, 9.17) is 10.5 Å². The fourth-order valence-corrected chi connectivity index (χ4v) is 1.78. The lowest BCUT2D eigenvalue weighted by Crippen LogP contribution is -2.30. The first-order valence-electron chi connectivity index (χ1n) is 6.19. The zero-order valence-corrected chi connectivity index (χ0v) is 11.3. The van der Waals surface area contributed by atoms with Crippen LogP contribution < -0.4 is 15.8 Å². The molecule has 1 rings (SSSR count). The fourth-order valence-electron chi connectivity index (χ4n) is 1.78. The van der Waals surface area contributed by atoms with Crippen LogP contribution in [0.4, 0.5) is 0 Å². The number of rotatable bonds is 6. The molecule has 1 aromatic rings. The lowest BCUT2D eigenvalue weighted by Gasteiger charge is -2.13. The summed E-state index contributed by atoms with van der Waals surface area (Å²) in [6.07, 6.45) is 0.705. The molecule has 0 saturated carbocycles. The number of hydrogen-bond acceptors (Lipinski definition) is 3. The van der Waals surface area contributed by atoms with Crippen molar-refractivity contribution in [1.82, 2.24) is 5.32 Å². The van der Waals surface area contributed by atoms with Gasteiger partial charge in [0.25, 0.3) is 0 Å². The van der Waals surface area contributed by atoms with Gasteiger partial charge in [-0.05, 0) is 26.0 Å². The molecular formula is C14H22N2O2. The maximum atomic E-state index is 11.8. The van der Waals surface area contributed by atoms with Crippen molar-refractivity contribution in [3.8, 4) is 5.75 Å². The predicted octanol–water partition coefficient (Wildman–Crippen LogP) is 1.60. The summed E-state index contributed by atoms with van der Waals surface area (Å²) in [5.41, 5.74) is 7.58. The van der Waals surface area contributed by atoms with Crippen molar-refractivity contribution in [2.75, 3.05) is 13.7 Å². The fraction of sp³-hybridized carbons (Fsp3) is 0.500. The topological polar surface area (TPSA) is 64.3 Å². The molecule has 0 aromatic heterocycles.